The van der Waals surface area contributed by atoms with Crippen LogP contribution in [-0.2, 0) is 6.54 Å². The Labute approximate surface area is 125 Å². The lowest BCUT2D eigenvalue weighted by Gasteiger charge is -2.29. The minimum atomic E-state index is 0.552. The molecule has 2 aromatic rings. The van der Waals surface area contributed by atoms with Crippen LogP contribution in [0, 0.1) is 5.92 Å². The number of likely N-dealkylation sites (tertiary alicyclic amines) is 1. The number of hydrogen-bond acceptors (Lipinski definition) is 4. The van der Waals surface area contributed by atoms with Crippen molar-refractivity contribution in [1.29, 1.82) is 0 Å². The van der Waals surface area contributed by atoms with Gasteiger partial charge in [-0.15, -0.1) is 0 Å². The fourth-order valence-corrected chi connectivity index (χ4v) is 2.97. The molecule has 1 aliphatic rings. The lowest BCUT2D eigenvalue weighted by atomic mass is 9.94. The van der Waals surface area contributed by atoms with Crippen molar-refractivity contribution in [2.24, 2.45) is 5.92 Å². The molecule has 0 aromatic carbocycles. The molecule has 1 saturated heterocycles. The number of anilines is 1. The van der Waals surface area contributed by atoms with Crippen molar-refractivity contribution >= 4 is 5.82 Å². The van der Waals surface area contributed by atoms with Crippen LogP contribution in [-0.4, -0.2) is 39.6 Å². The standard InChI is InChI=1S/C16H23N5/c1-20-7-4-13(5-8-20)6-9-21-12-18-11-15(21)14-2-3-16(17)19-10-14/h2-3,10-13H,4-9H2,1H3,(H2,17,19). The SMILES string of the molecule is CN1CCC(CCn2cncc2-c2ccc(N)nc2)CC1. The molecule has 5 nitrogen and oxygen atoms in total. The highest BCUT2D eigenvalue weighted by Gasteiger charge is 2.17. The summed E-state index contributed by atoms with van der Waals surface area (Å²) in [5.41, 5.74) is 7.84. The fourth-order valence-electron chi connectivity index (χ4n) is 2.97. The Morgan fingerprint density at radius 2 is 2.05 bits per heavy atom. The first-order valence-corrected chi connectivity index (χ1v) is 7.63. The van der Waals surface area contributed by atoms with Gasteiger partial charge in [0, 0.05) is 18.3 Å². The van der Waals surface area contributed by atoms with Crippen LogP contribution in [0.4, 0.5) is 5.82 Å². The number of piperidine rings is 1. The molecule has 0 saturated carbocycles. The van der Waals surface area contributed by atoms with Crippen molar-refractivity contribution in [2.75, 3.05) is 25.9 Å². The Morgan fingerprint density at radius 3 is 2.76 bits per heavy atom. The van der Waals surface area contributed by atoms with Gasteiger partial charge in [-0.3, -0.25) is 0 Å². The molecule has 2 aromatic heterocycles. The number of aryl methyl sites for hydroxylation is 1. The topological polar surface area (TPSA) is 60.0 Å². The molecule has 0 atom stereocenters. The van der Waals surface area contributed by atoms with E-state index in [2.05, 4.69) is 26.5 Å². The van der Waals surface area contributed by atoms with Crippen molar-refractivity contribution in [3.05, 3.63) is 30.9 Å². The normalized spacial score (nSPS) is 17.2. The van der Waals surface area contributed by atoms with E-state index < -0.39 is 0 Å². The lowest BCUT2D eigenvalue weighted by Crippen LogP contribution is -2.30. The van der Waals surface area contributed by atoms with Gasteiger partial charge in [-0.05, 0) is 57.5 Å². The number of nitrogens with two attached hydrogens (primary N) is 1. The Kier molecular flexibility index (Phi) is 4.20. The summed E-state index contributed by atoms with van der Waals surface area (Å²) >= 11 is 0. The number of rotatable bonds is 4. The maximum absolute atomic E-state index is 5.65. The summed E-state index contributed by atoms with van der Waals surface area (Å²) in [6, 6.07) is 3.84. The number of imidazole rings is 1. The molecule has 1 fully saturated rings. The molecule has 112 valence electrons. The Hall–Kier alpha value is -1.88. The van der Waals surface area contributed by atoms with E-state index in [9.17, 15) is 0 Å². The summed E-state index contributed by atoms with van der Waals surface area (Å²) in [4.78, 5) is 10.9. The van der Waals surface area contributed by atoms with Crippen LogP contribution in [0.5, 0.6) is 0 Å². The van der Waals surface area contributed by atoms with Gasteiger partial charge >= 0.3 is 0 Å². The predicted octanol–water partition coefficient (Wildman–Crippen LogP) is 2.26. The van der Waals surface area contributed by atoms with Gasteiger partial charge in [-0.25, -0.2) is 9.97 Å². The van der Waals surface area contributed by atoms with Gasteiger partial charge in [0.2, 0.25) is 0 Å². The van der Waals surface area contributed by atoms with Crippen molar-refractivity contribution in [1.82, 2.24) is 19.4 Å². The molecule has 2 N–H and O–H groups in total. The molecule has 5 heteroatoms. The molecule has 0 radical (unpaired) electrons. The van der Waals surface area contributed by atoms with E-state index in [1.807, 2.05) is 30.9 Å². The zero-order valence-electron chi connectivity index (χ0n) is 12.6. The number of nitrogen functional groups attached to an aromatic ring is 1. The van der Waals surface area contributed by atoms with Crippen molar-refractivity contribution in [3.8, 4) is 11.3 Å². The zero-order chi connectivity index (χ0) is 14.7. The lowest BCUT2D eigenvalue weighted by molar-refractivity contribution is 0.208. The van der Waals surface area contributed by atoms with Crippen molar-refractivity contribution in [3.63, 3.8) is 0 Å². The number of nitrogens with zero attached hydrogens (tertiary/aromatic N) is 4. The average molecular weight is 285 g/mol. The summed E-state index contributed by atoms with van der Waals surface area (Å²) in [6.45, 7) is 3.47. The molecule has 3 heterocycles. The second-order valence-corrected chi connectivity index (χ2v) is 5.98. The molecule has 0 aliphatic carbocycles. The second-order valence-electron chi connectivity index (χ2n) is 5.98. The molecule has 0 unspecified atom stereocenters. The van der Waals surface area contributed by atoms with Crippen LogP contribution in [0.1, 0.15) is 19.3 Å². The first kappa shape index (κ1) is 14.1. The van der Waals surface area contributed by atoms with E-state index in [0.29, 0.717) is 5.82 Å². The second kappa shape index (κ2) is 6.26. The third-order valence-electron chi connectivity index (χ3n) is 4.41. The van der Waals surface area contributed by atoms with E-state index >= 15 is 0 Å². The molecule has 21 heavy (non-hydrogen) atoms. The number of aromatic nitrogens is 3. The Morgan fingerprint density at radius 1 is 1.24 bits per heavy atom. The van der Waals surface area contributed by atoms with Crippen LogP contribution in [0.3, 0.4) is 0 Å². The maximum atomic E-state index is 5.65. The Bertz CT molecular complexity index is 567. The van der Waals surface area contributed by atoms with Gasteiger partial charge in [0.25, 0.3) is 0 Å². The highest BCUT2D eigenvalue weighted by Crippen LogP contribution is 2.23. The van der Waals surface area contributed by atoms with Gasteiger partial charge in [0.05, 0.1) is 18.2 Å². The third-order valence-corrected chi connectivity index (χ3v) is 4.41. The van der Waals surface area contributed by atoms with E-state index in [0.717, 1.165) is 23.7 Å². The molecule has 0 amide bonds. The van der Waals surface area contributed by atoms with Crippen LogP contribution in [0.15, 0.2) is 30.9 Å². The molecule has 3 rings (SSSR count). The minimum absolute atomic E-state index is 0.552. The van der Waals surface area contributed by atoms with E-state index in [1.165, 1.54) is 32.4 Å². The first-order chi connectivity index (χ1) is 10.2. The molecule has 1 aliphatic heterocycles. The summed E-state index contributed by atoms with van der Waals surface area (Å²) in [7, 11) is 2.21. The average Bonchev–Trinajstić information content (AvgIpc) is 2.96. The van der Waals surface area contributed by atoms with Crippen LogP contribution >= 0.6 is 0 Å². The highest BCUT2D eigenvalue weighted by atomic mass is 15.1. The van der Waals surface area contributed by atoms with E-state index in [-0.39, 0.29) is 0 Å². The highest BCUT2D eigenvalue weighted by molar-refractivity contribution is 5.59. The zero-order valence-corrected chi connectivity index (χ0v) is 12.6. The van der Waals surface area contributed by atoms with Crippen molar-refractivity contribution < 1.29 is 0 Å². The van der Waals surface area contributed by atoms with Crippen LogP contribution < -0.4 is 5.73 Å². The largest absolute Gasteiger partial charge is 0.384 e. The van der Waals surface area contributed by atoms with Gasteiger partial charge in [-0.1, -0.05) is 0 Å². The number of pyridine rings is 1. The summed E-state index contributed by atoms with van der Waals surface area (Å²) in [5.74, 6) is 1.39. The molecule has 0 bridgehead atoms. The first-order valence-electron chi connectivity index (χ1n) is 7.63. The van der Waals surface area contributed by atoms with Gasteiger partial charge in [-0.2, -0.15) is 0 Å². The predicted molar refractivity (Wildman–Crippen MR) is 84.7 cm³/mol. The number of hydrogen-bond donors (Lipinski definition) is 1. The molecular weight excluding hydrogens is 262 g/mol. The summed E-state index contributed by atoms with van der Waals surface area (Å²) < 4.78 is 2.23. The smallest absolute Gasteiger partial charge is 0.123 e. The summed E-state index contributed by atoms with van der Waals surface area (Å²) in [6.07, 6.45) is 9.48. The minimum Gasteiger partial charge on any atom is -0.384 e. The van der Waals surface area contributed by atoms with Crippen LogP contribution in [0.2, 0.25) is 0 Å². The monoisotopic (exact) mass is 285 g/mol. The van der Waals surface area contributed by atoms with Gasteiger partial charge in [0.1, 0.15) is 5.82 Å². The van der Waals surface area contributed by atoms with Gasteiger partial charge < -0.3 is 15.2 Å². The summed E-state index contributed by atoms with van der Waals surface area (Å²) in [5, 5.41) is 0. The maximum Gasteiger partial charge on any atom is 0.123 e. The molecule has 0 spiro atoms. The van der Waals surface area contributed by atoms with E-state index in [4.69, 9.17) is 5.73 Å². The van der Waals surface area contributed by atoms with E-state index in [1.54, 1.807) is 0 Å². The Balaban J connectivity index is 1.64. The quantitative estimate of drug-likeness (QED) is 0.936. The van der Waals surface area contributed by atoms with Crippen molar-refractivity contribution in [2.45, 2.75) is 25.8 Å². The molecular formula is C16H23N5. The van der Waals surface area contributed by atoms with Gasteiger partial charge in [0.15, 0.2) is 0 Å². The third kappa shape index (κ3) is 3.42. The fraction of sp³-hybridized carbons (Fsp3) is 0.500. The van der Waals surface area contributed by atoms with Crippen LogP contribution in [0.25, 0.3) is 11.3 Å².